The lowest BCUT2D eigenvalue weighted by atomic mass is 9.88. The van der Waals surface area contributed by atoms with E-state index in [2.05, 4.69) is 44.9 Å². The van der Waals surface area contributed by atoms with Gasteiger partial charge in [0.05, 0.1) is 5.56 Å². The van der Waals surface area contributed by atoms with Crippen LogP contribution in [-0.2, 0) is 12.8 Å². The van der Waals surface area contributed by atoms with Crippen LogP contribution in [0, 0.1) is 0 Å². The molecule has 0 radical (unpaired) electrons. The van der Waals surface area contributed by atoms with Crippen LogP contribution in [0.15, 0.2) is 36.7 Å². The molecular formula is C17H20N4O. The van der Waals surface area contributed by atoms with Crippen LogP contribution in [0.2, 0.25) is 0 Å². The average molecular weight is 296 g/mol. The second-order valence-corrected chi connectivity index (χ2v) is 5.51. The van der Waals surface area contributed by atoms with Crippen LogP contribution >= 0.6 is 0 Å². The van der Waals surface area contributed by atoms with Crippen molar-refractivity contribution < 1.29 is 4.79 Å². The predicted molar refractivity (Wildman–Crippen MR) is 85.9 cm³/mol. The van der Waals surface area contributed by atoms with Crippen molar-refractivity contribution >= 4 is 11.9 Å². The van der Waals surface area contributed by atoms with E-state index in [4.69, 9.17) is 0 Å². The summed E-state index contributed by atoms with van der Waals surface area (Å²) in [5.74, 6) is 0.443. The van der Waals surface area contributed by atoms with Crippen molar-refractivity contribution in [3.63, 3.8) is 0 Å². The van der Waals surface area contributed by atoms with Gasteiger partial charge >= 0.3 is 0 Å². The van der Waals surface area contributed by atoms with Crippen LogP contribution in [-0.4, -0.2) is 28.5 Å². The second-order valence-electron chi connectivity index (χ2n) is 5.51. The number of fused-ring (bicyclic) bond motifs is 1. The minimum atomic E-state index is -0.104. The molecular weight excluding hydrogens is 276 g/mol. The first kappa shape index (κ1) is 14.5. The van der Waals surface area contributed by atoms with Crippen molar-refractivity contribution in [2.24, 2.45) is 0 Å². The molecule has 22 heavy (non-hydrogen) atoms. The first-order valence-electron chi connectivity index (χ1n) is 7.70. The van der Waals surface area contributed by atoms with Crippen molar-refractivity contribution in [2.45, 2.75) is 32.2 Å². The zero-order chi connectivity index (χ0) is 15.4. The molecule has 5 heteroatoms. The Labute approximate surface area is 130 Å². The number of aryl methyl sites for hydroxylation is 1. The van der Waals surface area contributed by atoms with Gasteiger partial charge in [-0.3, -0.25) is 4.79 Å². The molecule has 114 valence electrons. The summed E-state index contributed by atoms with van der Waals surface area (Å²) < 4.78 is 0. The second kappa shape index (κ2) is 6.56. The number of hydrogen-bond acceptors (Lipinski definition) is 4. The number of nitrogens with zero attached hydrogens (tertiary/aromatic N) is 2. The number of hydrogen-bond donors (Lipinski definition) is 2. The lowest BCUT2D eigenvalue weighted by Gasteiger charge is -2.25. The Morgan fingerprint density at radius 3 is 2.68 bits per heavy atom. The van der Waals surface area contributed by atoms with Crippen LogP contribution in [0.3, 0.4) is 0 Å². The monoisotopic (exact) mass is 296 g/mol. The fourth-order valence-electron chi connectivity index (χ4n) is 2.78. The van der Waals surface area contributed by atoms with Gasteiger partial charge in [0.1, 0.15) is 0 Å². The van der Waals surface area contributed by atoms with Crippen molar-refractivity contribution in [1.29, 1.82) is 0 Å². The van der Waals surface area contributed by atoms with E-state index in [1.165, 1.54) is 11.1 Å². The quantitative estimate of drug-likeness (QED) is 0.907. The highest BCUT2D eigenvalue weighted by molar-refractivity contribution is 5.93. The van der Waals surface area contributed by atoms with E-state index in [0.29, 0.717) is 11.5 Å². The highest BCUT2D eigenvalue weighted by Crippen LogP contribution is 2.21. The minimum Gasteiger partial charge on any atom is -0.355 e. The van der Waals surface area contributed by atoms with Crippen LogP contribution < -0.4 is 10.6 Å². The molecule has 0 spiro atoms. The molecule has 1 heterocycles. The van der Waals surface area contributed by atoms with Gasteiger partial charge in [-0.05, 0) is 37.3 Å². The zero-order valence-corrected chi connectivity index (χ0v) is 12.7. The van der Waals surface area contributed by atoms with Gasteiger partial charge < -0.3 is 10.6 Å². The molecule has 2 N–H and O–H groups in total. The van der Waals surface area contributed by atoms with Crippen LogP contribution in [0.1, 0.15) is 34.8 Å². The number of amides is 1. The molecule has 0 aliphatic heterocycles. The van der Waals surface area contributed by atoms with Gasteiger partial charge in [-0.2, -0.15) is 0 Å². The van der Waals surface area contributed by atoms with Crippen LogP contribution in [0.5, 0.6) is 0 Å². The third kappa shape index (κ3) is 3.24. The number of benzene rings is 1. The number of nitrogens with one attached hydrogen (secondary N) is 2. The number of aromatic nitrogens is 2. The Balaban J connectivity index is 1.62. The number of anilines is 1. The van der Waals surface area contributed by atoms with E-state index < -0.39 is 0 Å². The summed E-state index contributed by atoms with van der Waals surface area (Å²) in [5.41, 5.74) is 3.23. The van der Waals surface area contributed by atoms with E-state index in [-0.39, 0.29) is 11.9 Å². The molecule has 1 atom stereocenters. The third-order valence-corrected chi connectivity index (χ3v) is 3.93. The molecule has 1 aromatic carbocycles. The summed E-state index contributed by atoms with van der Waals surface area (Å²) in [6.45, 7) is 2.73. The smallest absolute Gasteiger partial charge is 0.254 e. The van der Waals surface area contributed by atoms with E-state index in [0.717, 1.165) is 25.8 Å². The summed E-state index contributed by atoms with van der Waals surface area (Å²) in [6.07, 6.45) is 6.00. The molecule has 0 saturated heterocycles. The molecule has 0 unspecified atom stereocenters. The lowest BCUT2D eigenvalue weighted by molar-refractivity contribution is 0.0933. The molecule has 0 saturated carbocycles. The lowest BCUT2D eigenvalue weighted by Crippen LogP contribution is -2.38. The highest BCUT2D eigenvalue weighted by atomic mass is 16.1. The number of carbonyl (C=O) groups excluding carboxylic acids is 1. The normalized spacial score (nSPS) is 16.7. The first-order chi connectivity index (χ1) is 10.8. The van der Waals surface area contributed by atoms with E-state index >= 15 is 0 Å². The maximum absolute atomic E-state index is 12.3. The fourth-order valence-corrected chi connectivity index (χ4v) is 2.78. The predicted octanol–water partition coefficient (Wildman–Crippen LogP) is 2.20. The van der Waals surface area contributed by atoms with Crippen molar-refractivity contribution in [3.05, 3.63) is 53.3 Å². The van der Waals surface area contributed by atoms with Gasteiger partial charge in [0.2, 0.25) is 5.95 Å². The van der Waals surface area contributed by atoms with Gasteiger partial charge in [-0.1, -0.05) is 24.3 Å². The van der Waals surface area contributed by atoms with Crippen molar-refractivity contribution in [3.8, 4) is 0 Å². The van der Waals surface area contributed by atoms with E-state index in [1.54, 1.807) is 12.4 Å². The van der Waals surface area contributed by atoms with Crippen molar-refractivity contribution in [2.75, 3.05) is 11.9 Å². The van der Waals surface area contributed by atoms with E-state index in [1.807, 2.05) is 6.92 Å². The van der Waals surface area contributed by atoms with Gasteiger partial charge in [0.15, 0.2) is 0 Å². The Morgan fingerprint density at radius 1 is 1.23 bits per heavy atom. The van der Waals surface area contributed by atoms with Gasteiger partial charge in [0, 0.05) is 25.0 Å². The Bertz CT molecular complexity index is 654. The minimum absolute atomic E-state index is 0.104. The number of rotatable bonds is 4. The average Bonchev–Trinajstić information content (AvgIpc) is 2.56. The summed E-state index contributed by atoms with van der Waals surface area (Å²) in [5, 5.41) is 6.10. The summed E-state index contributed by atoms with van der Waals surface area (Å²) >= 11 is 0. The molecule has 1 aromatic heterocycles. The van der Waals surface area contributed by atoms with Gasteiger partial charge in [0.25, 0.3) is 5.91 Å². The Morgan fingerprint density at radius 2 is 1.95 bits per heavy atom. The van der Waals surface area contributed by atoms with E-state index in [9.17, 15) is 4.79 Å². The summed E-state index contributed by atoms with van der Waals surface area (Å²) in [7, 11) is 0. The Kier molecular flexibility index (Phi) is 4.32. The highest BCUT2D eigenvalue weighted by Gasteiger charge is 2.20. The molecule has 2 aromatic rings. The SMILES string of the molecule is CCNc1ncc(C(=O)N[C@H]2CCc3ccccc3C2)cn1. The maximum Gasteiger partial charge on any atom is 0.254 e. The maximum atomic E-state index is 12.3. The largest absolute Gasteiger partial charge is 0.355 e. The summed E-state index contributed by atoms with van der Waals surface area (Å²) in [6, 6.07) is 8.61. The topological polar surface area (TPSA) is 66.9 Å². The molecule has 3 rings (SSSR count). The standard InChI is InChI=1S/C17H20N4O/c1-2-18-17-19-10-14(11-20-17)16(22)21-15-8-7-12-5-3-4-6-13(12)9-15/h3-6,10-11,15H,2,7-9H2,1H3,(H,21,22)(H,18,19,20)/t15-/m0/s1. The fraction of sp³-hybridized carbons (Fsp3) is 0.353. The Hall–Kier alpha value is -2.43. The molecule has 1 aliphatic rings. The molecule has 1 aliphatic carbocycles. The molecule has 0 fully saturated rings. The summed E-state index contributed by atoms with van der Waals surface area (Å²) in [4.78, 5) is 20.6. The van der Waals surface area contributed by atoms with Gasteiger partial charge in [-0.25, -0.2) is 9.97 Å². The third-order valence-electron chi connectivity index (χ3n) is 3.93. The molecule has 5 nitrogen and oxygen atoms in total. The van der Waals surface area contributed by atoms with Crippen LogP contribution in [0.4, 0.5) is 5.95 Å². The van der Waals surface area contributed by atoms with Crippen LogP contribution in [0.25, 0.3) is 0 Å². The first-order valence-corrected chi connectivity index (χ1v) is 7.70. The molecule has 1 amide bonds. The number of carbonyl (C=O) groups is 1. The van der Waals surface area contributed by atoms with Gasteiger partial charge in [-0.15, -0.1) is 0 Å². The van der Waals surface area contributed by atoms with Crippen molar-refractivity contribution in [1.82, 2.24) is 15.3 Å². The zero-order valence-electron chi connectivity index (χ0n) is 12.7. The molecule has 0 bridgehead atoms.